The van der Waals surface area contributed by atoms with Gasteiger partial charge in [0.2, 0.25) is 5.91 Å². The Labute approximate surface area is 232 Å². The largest absolute Gasteiger partial charge is 0.395 e. The Bertz CT molecular complexity index is 1340. The lowest BCUT2D eigenvalue weighted by atomic mass is 10.0. The number of carbonyl (C=O) groups is 3. The molecule has 1 aliphatic rings. The summed E-state index contributed by atoms with van der Waals surface area (Å²) >= 11 is 0.783. The van der Waals surface area contributed by atoms with Crippen LogP contribution in [-0.2, 0) is 9.53 Å². The highest BCUT2D eigenvalue weighted by molar-refractivity contribution is 7.09. The van der Waals surface area contributed by atoms with E-state index in [4.69, 9.17) is 16.2 Å². The maximum atomic E-state index is 14.2. The number of rotatable bonds is 9. The number of aromatic nitrogens is 1. The molecule has 3 aromatic rings. The van der Waals surface area contributed by atoms with E-state index in [1.807, 2.05) is 75.3 Å². The Balaban J connectivity index is 1.85. The summed E-state index contributed by atoms with van der Waals surface area (Å²) in [4.78, 5) is 43.4. The van der Waals surface area contributed by atoms with Crippen molar-refractivity contribution in [1.29, 1.82) is 0 Å². The zero-order valence-corrected chi connectivity index (χ0v) is 23.4. The number of nitrogens with two attached hydrogens (primary N) is 2. The number of hydrogen-bond acceptors (Lipinski definition) is 8. The molecule has 2 heterocycles. The van der Waals surface area contributed by atoms with Gasteiger partial charge < -0.3 is 26.4 Å². The molecule has 0 radical (unpaired) electrons. The van der Waals surface area contributed by atoms with Crippen LogP contribution in [0.2, 0.25) is 0 Å². The molecule has 3 amide bonds. The molecular formula is C28H34N6O4S. The van der Waals surface area contributed by atoms with Crippen LogP contribution in [0.5, 0.6) is 0 Å². The third-order valence-electron chi connectivity index (χ3n) is 6.62. The molecule has 1 aliphatic heterocycles. The maximum absolute atomic E-state index is 14.2. The van der Waals surface area contributed by atoms with Crippen molar-refractivity contribution in [2.75, 3.05) is 42.8 Å². The molecule has 0 aliphatic carbocycles. The molecule has 1 saturated heterocycles. The van der Waals surface area contributed by atoms with Crippen LogP contribution in [0.3, 0.4) is 0 Å². The van der Waals surface area contributed by atoms with Gasteiger partial charge in [0.1, 0.15) is 10.9 Å². The minimum Gasteiger partial charge on any atom is -0.395 e. The van der Waals surface area contributed by atoms with Gasteiger partial charge in [0.25, 0.3) is 11.8 Å². The van der Waals surface area contributed by atoms with Gasteiger partial charge in [-0.1, -0.05) is 18.2 Å². The standard InChI is InChI=1S/C28H34N6O4S/c1-16-12-17(2)14-20(13-16)34(28(37)25-22(29)23(26(30)35)32-39-25)24(18-7-9-19(10-8-18)33(3)4)27(36)31-15-21-6-5-11-38-21/h7-10,12-14,21,24H,5-6,11,15,29H2,1-4H3,(H2,30,35)(H,31,36)/t21-,24-/m1/s1. The van der Waals surface area contributed by atoms with E-state index < -0.39 is 17.9 Å². The van der Waals surface area contributed by atoms with Crippen LogP contribution >= 0.6 is 11.5 Å². The number of ether oxygens (including phenoxy) is 1. The summed E-state index contributed by atoms with van der Waals surface area (Å²) in [5.41, 5.74) is 15.2. The Morgan fingerprint density at radius 2 is 1.77 bits per heavy atom. The molecule has 10 nitrogen and oxygen atoms in total. The van der Waals surface area contributed by atoms with Gasteiger partial charge in [-0.25, -0.2) is 0 Å². The number of primary amides is 1. The summed E-state index contributed by atoms with van der Waals surface area (Å²) in [6.07, 6.45) is 1.72. The highest BCUT2D eigenvalue weighted by Gasteiger charge is 2.36. The summed E-state index contributed by atoms with van der Waals surface area (Å²) in [6, 6.07) is 12.1. The number of hydrogen-bond donors (Lipinski definition) is 3. The average molecular weight is 551 g/mol. The van der Waals surface area contributed by atoms with Crippen LogP contribution in [0.15, 0.2) is 42.5 Å². The second-order valence-electron chi connectivity index (χ2n) is 9.93. The molecule has 1 fully saturated rings. The summed E-state index contributed by atoms with van der Waals surface area (Å²) in [5.74, 6) is -1.75. The van der Waals surface area contributed by atoms with Gasteiger partial charge in [-0.05, 0) is 79.2 Å². The van der Waals surface area contributed by atoms with E-state index in [9.17, 15) is 14.4 Å². The second kappa shape index (κ2) is 11.8. The van der Waals surface area contributed by atoms with Crippen LogP contribution < -0.4 is 26.6 Å². The first-order valence-electron chi connectivity index (χ1n) is 12.7. The molecule has 206 valence electrons. The Hall–Kier alpha value is -3.96. The molecule has 1 aromatic heterocycles. The fourth-order valence-electron chi connectivity index (χ4n) is 4.70. The van der Waals surface area contributed by atoms with Gasteiger partial charge in [0, 0.05) is 38.6 Å². The molecular weight excluding hydrogens is 516 g/mol. The summed E-state index contributed by atoms with van der Waals surface area (Å²) < 4.78 is 9.71. The van der Waals surface area contributed by atoms with Crippen molar-refractivity contribution in [3.63, 3.8) is 0 Å². The normalized spacial score (nSPS) is 15.5. The topological polar surface area (TPSA) is 144 Å². The second-order valence-corrected chi connectivity index (χ2v) is 10.7. The Kier molecular flexibility index (Phi) is 8.51. The van der Waals surface area contributed by atoms with E-state index in [2.05, 4.69) is 9.69 Å². The lowest BCUT2D eigenvalue weighted by Crippen LogP contribution is -2.45. The van der Waals surface area contributed by atoms with E-state index in [1.54, 1.807) is 0 Å². The number of amides is 3. The van der Waals surface area contributed by atoms with Gasteiger partial charge in [-0.2, -0.15) is 4.37 Å². The number of anilines is 3. The van der Waals surface area contributed by atoms with Gasteiger partial charge in [0.15, 0.2) is 5.69 Å². The molecule has 0 saturated carbocycles. The summed E-state index contributed by atoms with van der Waals surface area (Å²) in [6.45, 7) is 4.83. The van der Waals surface area contributed by atoms with Crippen molar-refractivity contribution >= 4 is 46.3 Å². The van der Waals surface area contributed by atoms with E-state index in [0.717, 1.165) is 41.2 Å². The maximum Gasteiger partial charge on any atom is 0.273 e. The Morgan fingerprint density at radius 1 is 1.10 bits per heavy atom. The first kappa shape index (κ1) is 28.1. The lowest BCUT2D eigenvalue weighted by Gasteiger charge is -2.32. The van der Waals surface area contributed by atoms with E-state index in [1.165, 1.54) is 4.90 Å². The van der Waals surface area contributed by atoms with Gasteiger partial charge >= 0.3 is 0 Å². The zero-order valence-electron chi connectivity index (χ0n) is 22.6. The number of nitrogens with zero attached hydrogens (tertiary/aromatic N) is 3. The monoisotopic (exact) mass is 550 g/mol. The number of carbonyl (C=O) groups excluding carboxylic acids is 3. The van der Waals surface area contributed by atoms with Crippen LogP contribution in [0, 0.1) is 13.8 Å². The molecule has 11 heteroatoms. The average Bonchev–Trinajstić information content (AvgIpc) is 3.54. The lowest BCUT2D eigenvalue weighted by molar-refractivity contribution is -0.123. The molecule has 39 heavy (non-hydrogen) atoms. The van der Waals surface area contributed by atoms with Crippen molar-refractivity contribution in [2.45, 2.75) is 38.8 Å². The molecule has 0 spiro atoms. The number of nitrogen functional groups attached to an aromatic ring is 1. The van der Waals surface area contributed by atoms with Crippen LogP contribution in [-0.4, -0.2) is 55.4 Å². The van der Waals surface area contributed by atoms with Crippen LogP contribution in [0.4, 0.5) is 17.1 Å². The molecule has 2 aromatic carbocycles. The van der Waals surface area contributed by atoms with Crippen molar-refractivity contribution in [3.8, 4) is 0 Å². The SMILES string of the molecule is Cc1cc(C)cc(N(C(=O)c2snc(C(N)=O)c2N)[C@@H](C(=O)NC[C@H]2CCCO2)c2ccc(N(C)C)cc2)c1. The quantitative estimate of drug-likeness (QED) is 0.371. The fraction of sp³-hybridized carbons (Fsp3) is 0.357. The molecule has 2 atom stereocenters. The number of benzene rings is 2. The van der Waals surface area contributed by atoms with E-state index in [0.29, 0.717) is 24.4 Å². The van der Waals surface area contributed by atoms with E-state index >= 15 is 0 Å². The number of aryl methyl sites for hydroxylation is 2. The van der Waals surface area contributed by atoms with Gasteiger partial charge in [-0.3, -0.25) is 19.3 Å². The summed E-state index contributed by atoms with van der Waals surface area (Å²) in [5, 5.41) is 3.00. The predicted octanol–water partition coefficient (Wildman–Crippen LogP) is 3.19. The van der Waals surface area contributed by atoms with Gasteiger partial charge in [0.05, 0.1) is 11.8 Å². The first-order chi connectivity index (χ1) is 18.6. The minimum absolute atomic E-state index is 0.0322. The third kappa shape index (κ3) is 6.21. The van der Waals surface area contributed by atoms with Crippen molar-refractivity contribution in [3.05, 3.63) is 69.7 Å². The fourth-order valence-corrected chi connectivity index (χ4v) is 5.44. The molecule has 0 unspecified atom stereocenters. The Morgan fingerprint density at radius 3 is 2.31 bits per heavy atom. The van der Waals surface area contributed by atoms with Crippen molar-refractivity contribution < 1.29 is 19.1 Å². The number of nitrogens with one attached hydrogen (secondary N) is 1. The smallest absolute Gasteiger partial charge is 0.273 e. The minimum atomic E-state index is -1.05. The zero-order chi connectivity index (χ0) is 28.3. The molecule has 5 N–H and O–H groups in total. The van der Waals surface area contributed by atoms with Crippen LogP contribution in [0.25, 0.3) is 0 Å². The highest BCUT2D eigenvalue weighted by Crippen LogP contribution is 2.34. The highest BCUT2D eigenvalue weighted by atomic mass is 32.1. The summed E-state index contributed by atoms with van der Waals surface area (Å²) in [7, 11) is 3.85. The molecule has 4 rings (SSSR count). The predicted molar refractivity (Wildman–Crippen MR) is 153 cm³/mol. The van der Waals surface area contributed by atoms with Crippen LogP contribution in [0.1, 0.15) is 55.7 Å². The van der Waals surface area contributed by atoms with Crippen molar-refractivity contribution in [1.82, 2.24) is 9.69 Å². The third-order valence-corrected chi connectivity index (χ3v) is 7.47. The first-order valence-corrected chi connectivity index (χ1v) is 13.5. The van der Waals surface area contributed by atoms with Crippen molar-refractivity contribution in [2.24, 2.45) is 5.73 Å². The van der Waals surface area contributed by atoms with E-state index in [-0.39, 0.29) is 28.3 Å². The molecule has 0 bridgehead atoms. The van der Waals surface area contributed by atoms with Gasteiger partial charge in [-0.15, -0.1) is 0 Å².